The number of carbonyl (C=O) groups excluding carboxylic acids is 1. The smallest absolute Gasteiger partial charge is 0.220 e. The molecule has 0 saturated heterocycles. The lowest BCUT2D eigenvalue weighted by atomic mass is 10.0. The number of hydrogen-bond donors (Lipinski definition) is 3. The first kappa shape index (κ1) is 59.1. The van der Waals surface area contributed by atoms with Crippen molar-refractivity contribution in [2.45, 2.75) is 334 Å². The maximum atomic E-state index is 12.5. The van der Waals surface area contributed by atoms with Crippen LogP contribution >= 0.6 is 0 Å². The number of allylic oxidation sites excluding steroid dienone is 1. The van der Waals surface area contributed by atoms with Crippen molar-refractivity contribution in [3.05, 3.63) is 12.2 Å². The molecule has 0 unspecified atom stereocenters. The Labute approximate surface area is 377 Å². The van der Waals surface area contributed by atoms with Gasteiger partial charge >= 0.3 is 0 Å². The zero-order chi connectivity index (χ0) is 43.5. The topological polar surface area (TPSA) is 69.6 Å². The van der Waals surface area contributed by atoms with E-state index < -0.39 is 12.1 Å². The standard InChI is InChI=1S/C56H111NO3/c1-3-5-7-9-11-13-15-17-19-21-22-23-24-25-26-27-28-29-30-31-32-33-34-36-38-40-42-44-46-48-50-52-56(60)57-54(53-58)55(59)51-49-47-45-43-41-39-37-35-20-18-16-14-12-10-8-6-4-2/h49,51,54-55,58-59H,3-48,50,52-53H2,1-2H3,(H,57,60)/b51-49+/t54-,55+/m0/s1. The van der Waals surface area contributed by atoms with Crippen molar-refractivity contribution >= 4 is 5.91 Å². The largest absolute Gasteiger partial charge is 0.394 e. The van der Waals surface area contributed by atoms with Gasteiger partial charge in [-0.05, 0) is 19.3 Å². The molecule has 0 saturated carbocycles. The normalized spacial score (nSPS) is 12.8. The molecule has 0 radical (unpaired) electrons. The van der Waals surface area contributed by atoms with Gasteiger partial charge in [-0.2, -0.15) is 0 Å². The summed E-state index contributed by atoms with van der Waals surface area (Å²) in [6.07, 6.45) is 68.1. The first-order valence-corrected chi connectivity index (χ1v) is 27.9. The van der Waals surface area contributed by atoms with Crippen LogP contribution < -0.4 is 5.32 Å². The van der Waals surface area contributed by atoms with Crippen molar-refractivity contribution in [2.24, 2.45) is 0 Å². The van der Waals surface area contributed by atoms with Crippen molar-refractivity contribution in [1.29, 1.82) is 0 Å². The molecule has 0 rings (SSSR count). The van der Waals surface area contributed by atoms with Crippen LogP contribution in [0.15, 0.2) is 12.2 Å². The fraction of sp³-hybridized carbons (Fsp3) is 0.946. The molecule has 0 aliphatic carbocycles. The van der Waals surface area contributed by atoms with Crippen LogP contribution in [0.5, 0.6) is 0 Å². The molecule has 1 amide bonds. The van der Waals surface area contributed by atoms with E-state index in [0.29, 0.717) is 6.42 Å². The number of aliphatic hydroxyl groups is 2. The van der Waals surface area contributed by atoms with E-state index in [1.807, 2.05) is 6.08 Å². The number of hydrogen-bond acceptors (Lipinski definition) is 3. The Balaban J connectivity index is 3.41. The Morgan fingerprint density at radius 3 is 0.867 bits per heavy atom. The van der Waals surface area contributed by atoms with Gasteiger partial charge in [0.1, 0.15) is 0 Å². The van der Waals surface area contributed by atoms with E-state index in [1.54, 1.807) is 6.08 Å². The van der Waals surface area contributed by atoms with Crippen LogP contribution in [-0.2, 0) is 4.79 Å². The molecule has 0 spiro atoms. The molecule has 0 aliphatic heterocycles. The summed E-state index contributed by atoms with van der Waals surface area (Å²) in [5.41, 5.74) is 0. The Kier molecular flexibility index (Phi) is 51.7. The predicted octanol–water partition coefficient (Wildman–Crippen LogP) is 18.1. The minimum absolute atomic E-state index is 0.0562. The molecule has 0 aromatic carbocycles. The van der Waals surface area contributed by atoms with Gasteiger partial charge in [0.15, 0.2) is 0 Å². The quantitative estimate of drug-likeness (QED) is 0.0422. The summed E-state index contributed by atoms with van der Waals surface area (Å²) in [7, 11) is 0. The number of nitrogens with one attached hydrogen (secondary N) is 1. The molecule has 0 aromatic rings. The summed E-state index contributed by atoms with van der Waals surface area (Å²) in [4.78, 5) is 12.5. The van der Waals surface area contributed by atoms with Crippen LogP contribution in [0, 0.1) is 0 Å². The molecule has 4 heteroatoms. The van der Waals surface area contributed by atoms with Crippen LogP contribution in [0.25, 0.3) is 0 Å². The minimum atomic E-state index is -0.835. The summed E-state index contributed by atoms with van der Waals surface area (Å²) in [5.74, 6) is -0.0562. The first-order valence-electron chi connectivity index (χ1n) is 27.9. The van der Waals surface area contributed by atoms with E-state index in [-0.39, 0.29) is 12.5 Å². The van der Waals surface area contributed by atoms with Gasteiger partial charge in [-0.25, -0.2) is 0 Å². The molecular formula is C56H111NO3. The van der Waals surface area contributed by atoms with Crippen molar-refractivity contribution in [2.75, 3.05) is 6.61 Å². The second-order valence-corrected chi connectivity index (χ2v) is 19.4. The minimum Gasteiger partial charge on any atom is -0.394 e. The molecule has 358 valence electrons. The van der Waals surface area contributed by atoms with E-state index in [9.17, 15) is 15.0 Å². The van der Waals surface area contributed by atoms with Crippen molar-refractivity contribution in [1.82, 2.24) is 5.32 Å². The van der Waals surface area contributed by atoms with E-state index in [2.05, 4.69) is 19.2 Å². The lowest BCUT2D eigenvalue weighted by Gasteiger charge is -2.20. The molecule has 2 atom stereocenters. The van der Waals surface area contributed by atoms with Crippen LogP contribution in [0.1, 0.15) is 322 Å². The molecule has 0 heterocycles. The molecule has 0 aliphatic rings. The Hall–Kier alpha value is -0.870. The third kappa shape index (κ3) is 48.2. The predicted molar refractivity (Wildman–Crippen MR) is 267 cm³/mol. The number of carbonyl (C=O) groups is 1. The summed E-state index contributed by atoms with van der Waals surface area (Å²) in [6, 6.07) is -0.617. The van der Waals surface area contributed by atoms with Gasteiger partial charge in [-0.1, -0.05) is 309 Å². The van der Waals surface area contributed by atoms with Gasteiger partial charge in [0.05, 0.1) is 18.8 Å². The Morgan fingerprint density at radius 1 is 0.383 bits per heavy atom. The van der Waals surface area contributed by atoms with Crippen LogP contribution in [-0.4, -0.2) is 34.9 Å². The monoisotopic (exact) mass is 846 g/mol. The van der Waals surface area contributed by atoms with Crippen LogP contribution in [0.2, 0.25) is 0 Å². The fourth-order valence-corrected chi connectivity index (χ4v) is 9.01. The maximum Gasteiger partial charge on any atom is 0.220 e. The summed E-state index contributed by atoms with van der Waals surface area (Å²) in [5, 5.41) is 23.1. The maximum absolute atomic E-state index is 12.5. The SMILES string of the molecule is CCCCCCCCCCCCCCCCC/C=C/[C@@H](O)[C@H](CO)NC(=O)CCCCCCCCCCCCCCCCCCCCCCCCCCCCCCCCC. The average Bonchev–Trinajstić information content (AvgIpc) is 3.25. The van der Waals surface area contributed by atoms with Crippen molar-refractivity contribution in [3.63, 3.8) is 0 Å². The van der Waals surface area contributed by atoms with Crippen LogP contribution in [0.4, 0.5) is 0 Å². The van der Waals surface area contributed by atoms with Gasteiger partial charge in [-0.3, -0.25) is 4.79 Å². The molecule has 0 fully saturated rings. The van der Waals surface area contributed by atoms with Crippen molar-refractivity contribution in [3.8, 4) is 0 Å². The lowest BCUT2D eigenvalue weighted by molar-refractivity contribution is -0.123. The highest BCUT2D eigenvalue weighted by Gasteiger charge is 2.18. The number of amides is 1. The fourth-order valence-electron chi connectivity index (χ4n) is 9.01. The summed E-state index contributed by atoms with van der Waals surface area (Å²) < 4.78 is 0. The Morgan fingerprint density at radius 2 is 0.617 bits per heavy atom. The molecule has 60 heavy (non-hydrogen) atoms. The van der Waals surface area contributed by atoms with Crippen LogP contribution in [0.3, 0.4) is 0 Å². The van der Waals surface area contributed by atoms with Gasteiger partial charge in [-0.15, -0.1) is 0 Å². The van der Waals surface area contributed by atoms with E-state index >= 15 is 0 Å². The Bertz CT molecular complexity index is 829. The van der Waals surface area contributed by atoms with Gasteiger partial charge in [0.25, 0.3) is 0 Å². The molecule has 0 bridgehead atoms. The highest BCUT2D eigenvalue weighted by Crippen LogP contribution is 2.18. The molecule has 4 nitrogen and oxygen atoms in total. The molecular weight excluding hydrogens is 735 g/mol. The summed E-state index contributed by atoms with van der Waals surface area (Å²) >= 11 is 0. The van der Waals surface area contributed by atoms with Gasteiger partial charge in [0.2, 0.25) is 5.91 Å². The van der Waals surface area contributed by atoms with E-state index in [1.165, 1.54) is 276 Å². The number of unbranched alkanes of at least 4 members (excludes halogenated alkanes) is 45. The second kappa shape index (κ2) is 52.5. The van der Waals surface area contributed by atoms with Gasteiger partial charge in [0, 0.05) is 6.42 Å². The highest BCUT2D eigenvalue weighted by molar-refractivity contribution is 5.76. The zero-order valence-corrected chi connectivity index (χ0v) is 41.3. The number of aliphatic hydroxyl groups excluding tert-OH is 2. The van der Waals surface area contributed by atoms with Gasteiger partial charge < -0.3 is 15.5 Å². The van der Waals surface area contributed by atoms with E-state index in [4.69, 9.17) is 0 Å². The zero-order valence-electron chi connectivity index (χ0n) is 41.3. The molecule has 3 N–H and O–H groups in total. The number of rotatable bonds is 52. The third-order valence-corrected chi connectivity index (χ3v) is 13.3. The average molecular weight is 847 g/mol. The second-order valence-electron chi connectivity index (χ2n) is 19.4. The molecule has 0 aromatic heterocycles. The third-order valence-electron chi connectivity index (χ3n) is 13.3. The highest BCUT2D eigenvalue weighted by atomic mass is 16.3. The lowest BCUT2D eigenvalue weighted by Crippen LogP contribution is -2.45. The van der Waals surface area contributed by atoms with Crippen molar-refractivity contribution < 1.29 is 15.0 Å². The van der Waals surface area contributed by atoms with E-state index in [0.717, 1.165) is 25.7 Å². The first-order chi connectivity index (χ1) is 29.7. The summed E-state index contributed by atoms with van der Waals surface area (Å²) in [6.45, 7) is 4.35.